The first-order valence-corrected chi connectivity index (χ1v) is 11.6. The molecule has 176 valence electrons. The molecule has 4 aliphatic rings. The van der Waals surface area contributed by atoms with E-state index < -0.39 is 36.7 Å². The van der Waals surface area contributed by atoms with Crippen LogP contribution in [0.3, 0.4) is 0 Å². The minimum atomic E-state index is -1.72. The van der Waals surface area contributed by atoms with Crippen molar-refractivity contribution < 1.29 is 39.8 Å². The number of rotatable bonds is 3. The molecule has 1 saturated heterocycles. The molecule has 32 heavy (non-hydrogen) atoms. The summed E-state index contributed by atoms with van der Waals surface area (Å²) in [4.78, 5) is 11.4. The Morgan fingerprint density at radius 3 is 2.62 bits per heavy atom. The van der Waals surface area contributed by atoms with Gasteiger partial charge in [-0.1, -0.05) is 13.0 Å². The lowest BCUT2D eigenvalue weighted by molar-refractivity contribution is -0.312. The van der Waals surface area contributed by atoms with Crippen molar-refractivity contribution in [2.45, 2.75) is 88.2 Å². The average molecular weight is 449 g/mol. The minimum Gasteiger partial charge on any atom is -0.508 e. The van der Waals surface area contributed by atoms with Crippen LogP contribution in [-0.4, -0.2) is 68.3 Å². The molecule has 10 atom stereocenters. The maximum atomic E-state index is 11.4. The van der Waals surface area contributed by atoms with Crippen molar-refractivity contribution in [2.75, 3.05) is 0 Å². The number of ether oxygens (including phenoxy) is 2. The molecule has 0 amide bonds. The summed E-state index contributed by atoms with van der Waals surface area (Å²) in [5.41, 5.74) is 2.45. The van der Waals surface area contributed by atoms with Crippen LogP contribution in [-0.2, 0) is 20.7 Å². The fourth-order valence-electron chi connectivity index (χ4n) is 7.07. The van der Waals surface area contributed by atoms with Gasteiger partial charge in [-0.2, -0.15) is 0 Å². The SMILES string of the molecule is C[C@]12CC[C@@H]3c4ccc(O)cc4CC[C@H]3[C@@H]1CC[C@H]2O[C@@H]1O[C@H](C(=O)O)[C@@H](O)[C@H](O)[C@H]1O. The normalized spacial score (nSPS) is 45.6. The zero-order valence-corrected chi connectivity index (χ0v) is 18.1. The molecule has 5 rings (SSSR count). The summed E-state index contributed by atoms with van der Waals surface area (Å²) in [7, 11) is 0. The Balaban J connectivity index is 1.34. The number of aliphatic hydroxyl groups excluding tert-OH is 3. The highest BCUT2D eigenvalue weighted by atomic mass is 16.7. The number of phenols is 1. The molecule has 1 heterocycles. The highest BCUT2D eigenvalue weighted by Gasteiger charge is 2.57. The second-order valence-electron chi connectivity index (χ2n) is 10.3. The Morgan fingerprint density at radius 1 is 1.09 bits per heavy atom. The van der Waals surface area contributed by atoms with E-state index in [2.05, 4.69) is 13.0 Å². The molecule has 3 fully saturated rings. The van der Waals surface area contributed by atoms with Crippen LogP contribution in [0.25, 0.3) is 0 Å². The summed E-state index contributed by atoms with van der Waals surface area (Å²) in [6.45, 7) is 2.22. The topological polar surface area (TPSA) is 137 Å². The monoisotopic (exact) mass is 448 g/mol. The lowest BCUT2D eigenvalue weighted by atomic mass is 9.55. The van der Waals surface area contributed by atoms with Crippen molar-refractivity contribution >= 4 is 5.97 Å². The second kappa shape index (κ2) is 7.95. The number of carboxylic acids is 1. The molecule has 1 aliphatic heterocycles. The number of phenolic OH excluding ortho intramolecular Hbond substituents is 1. The van der Waals surface area contributed by atoms with Gasteiger partial charge >= 0.3 is 5.97 Å². The number of fused-ring (bicyclic) bond motifs is 5. The molecule has 0 aromatic heterocycles. The Labute approximate surface area is 186 Å². The van der Waals surface area contributed by atoms with E-state index in [0.29, 0.717) is 23.5 Å². The van der Waals surface area contributed by atoms with Crippen LogP contribution in [0, 0.1) is 17.3 Å². The van der Waals surface area contributed by atoms with Crippen LogP contribution >= 0.6 is 0 Å². The number of aliphatic carboxylic acids is 1. The number of benzene rings is 1. The number of hydrogen-bond acceptors (Lipinski definition) is 7. The number of aromatic hydroxyl groups is 1. The van der Waals surface area contributed by atoms with Gasteiger partial charge in [0.15, 0.2) is 12.4 Å². The zero-order chi connectivity index (χ0) is 22.8. The summed E-state index contributed by atoms with van der Waals surface area (Å²) in [5, 5.41) is 49.6. The first-order valence-electron chi connectivity index (χ1n) is 11.6. The Morgan fingerprint density at radius 2 is 1.88 bits per heavy atom. The van der Waals surface area contributed by atoms with Crippen LogP contribution < -0.4 is 0 Å². The number of carboxylic acid groups (broad SMARTS) is 1. The Bertz CT molecular complexity index is 889. The number of hydrogen-bond donors (Lipinski definition) is 5. The molecule has 5 N–H and O–H groups in total. The molecule has 3 aliphatic carbocycles. The van der Waals surface area contributed by atoms with Gasteiger partial charge in [0, 0.05) is 0 Å². The van der Waals surface area contributed by atoms with E-state index in [4.69, 9.17) is 9.47 Å². The molecule has 0 unspecified atom stereocenters. The largest absolute Gasteiger partial charge is 0.508 e. The summed E-state index contributed by atoms with van der Waals surface area (Å²) in [6.07, 6.45) is -2.38. The third kappa shape index (κ3) is 3.35. The van der Waals surface area contributed by atoms with E-state index in [1.165, 1.54) is 11.1 Å². The summed E-state index contributed by atoms with van der Waals surface area (Å²) >= 11 is 0. The number of aliphatic hydroxyl groups is 3. The Kier molecular flexibility index (Phi) is 5.49. The van der Waals surface area contributed by atoms with Crippen LogP contribution in [0.4, 0.5) is 0 Å². The smallest absolute Gasteiger partial charge is 0.335 e. The standard InChI is InChI=1S/C24H32O8/c1-24-9-8-14-13-5-3-12(25)10-11(13)2-4-15(14)16(24)6-7-17(24)31-23-20(28)18(26)19(27)21(32-23)22(29)30/h3,5,10,14-21,23,25-28H,2,4,6-9H2,1H3,(H,29,30)/t14-,15-,16+,17-,18+,19+,20-,21+,23-,24+/m1/s1. The lowest BCUT2D eigenvalue weighted by Gasteiger charge is -2.51. The predicted octanol–water partition coefficient (Wildman–Crippen LogP) is 1.53. The maximum absolute atomic E-state index is 11.4. The minimum absolute atomic E-state index is 0.140. The number of aryl methyl sites for hydroxylation is 1. The molecule has 0 radical (unpaired) electrons. The van der Waals surface area contributed by atoms with Crippen molar-refractivity contribution in [3.63, 3.8) is 0 Å². The van der Waals surface area contributed by atoms with Gasteiger partial charge in [-0.3, -0.25) is 0 Å². The first-order chi connectivity index (χ1) is 15.2. The molecular weight excluding hydrogens is 416 g/mol. The molecule has 1 aromatic rings. The highest BCUT2D eigenvalue weighted by Crippen LogP contribution is 2.61. The molecule has 8 heteroatoms. The van der Waals surface area contributed by atoms with Gasteiger partial charge in [-0.25, -0.2) is 4.79 Å². The van der Waals surface area contributed by atoms with Gasteiger partial charge in [-0.05, 0) is 85.0 Å². The lowest BCUT2D eigenvalue weighted by Crippen LogP contribution is -2.61. The van der Waals surface area contributed by atoms with E-state index in [0.717, 1.165) is 38.5 Å². The zero-order valence-electron chi connectivity index (χ0n) is 18.1. The molecule has 0 spiro atoms. The fourth-order valence-corrected chi connectivity index (χ4v) is 7.07. The quantitative estimate of drug-likeness (QED) is 0.470. The molecule has 2 saturated carbocycles. The van der Waals surface area contributed by atoms with Gasteiger partial charge < -0.3 is 35.0 Å². The summed E-state index contributed by atoms with van der Waals surface area (Å²) < 4.78 is 11.5. The maximum Gasteiger partial charge on any atom is 0.335 e. The van der Waals surface area contributed by atoms with Crippen molar-refractivity contribution in [2.24, 2.45) is 17.3 Å². The third-order valence-electron chi connectivity index (χ3n) is 8.73. The molecular formula is C24H32O8. The second-order valence-corrected chi connectivity index (χ2v) is 10.3. The fraction of sp³-hybridized carbons (Fsp3) is 0.708. The highest BCUT2D eigenvalue weighted by molar-refractivity contribution is 5.73. The van der Waals surface area contributed by atoms with Crippen molar-refractivity contribution in [1.82, 2.24) is 0 Å². The van der Waals surface area contributed by atoms with E-state index in [-0.39, 0.29) is 11.5 Å². The first kappa shape index (κ1) is 22.1. The summed E-state index contributed by atoms with van der Waals surface area (Å²) in [5.74, 6) is 0.312. The van der Waals surface area contributed by atoms with Gasteiger partial charge in [0.05, 0.1) is 6.10 Å². The average Bonchev–Trinajstić information content (AvgIpc) is 3.09. The van der Waals surface area contributed by atoms with Gasteiger partial charge in [0.1, 0.15) is 24.1 Å². The molecule has 0 bridgehead atoms. The van der Waals surface area contributed by atoms with E-state index in [9.17, 15) is 30.3 Å². The molecule has 8 nitrogen and oxygen atoms in total. The van der Waals surface area contributed by atoms with Crippen molar-refractivity contribution in [1.29, 1.82) is 0 Å². The van der Waals surface area contributed by atoms with Crippen LogP contribution in [0.1, 0.15) is 56.1 Å². The Hall–Kier alpha value is -1.71. The van der Waals surface area contributed by atoms with Crippen LogP contribution in [0.2, 0.25) is 0 Å². The number of carbonyl (C=O) groups is 1. The summed E-state index contributed by atoms with van der Waals surface area (Å²) in [6, 6.07) is 5.73. The predicted molar refractivity (Wildman–Crippen MR) is 112 cm³/mol. The van der Waals surface area contributed by atoms with Gasteiger partial charge in [-0.15, -0.1) is 0 Å². The van der Waals surface area contributed by atoms with Gasteiger partial charge in [0.25, 0.3) is 0 Å². The van der Waals surface area contributed by atoms with Crippen LogP contribution in [0.5, 0.6) is 5.75 Å². The van der Waals surface area contributed by atoms with Crippen molar-refractivity contribution in [3.8, 4) is 5.75 Å². The van der Waals surface area contributed by atoms with Crippen molar-refractivity contribution in [3.05, 3.63) is 29.3 Å². The third-order valence-corrected chi connectivity index (χ3v) is 8.73. The van der Waals surface area contributed by atoms with E-state index in [1.807, 2.05) is 6.07 Å². The van der Waals surface area contributed by atoms with E-state index >= 15 is 0 Å². The molecule has 1 aromatic carbocycles. The van der Waals surface area contributed by atoms with Crippen LogP contribution in [0.15, 0.2) is 18.2 Å². The van der Waals surface area contributed by atoms with Gasteiger partial charge in [0.2, 0.25) is 0 Å². The van der Waals surface area contributed by atoms with E-state index in [1.54, 1.807) is 6.07 Å².